The molecule has 4 N–H and O–H groups in total. The highest BCUT2D eigenvalue weighted by Gasteiger charge is 2.06. The van der Waals surface area contributed by atoms with Gasteiger partial charge in [-0.2, -0.15) is 0 Å². The fraction of sp³-hybridized carbons (Fsp3) is 0.357. The van der Waals surface area contributed by atoms with Gasteiger partial charge in [0.1, 0.15) is 0 Å². The van der Waals surface area contributed by atoms with Gasteiger partial charge in [0.05, 0.1) is 11.2 Å². The Morgan fingerprint density at radius 3 is 3.00 bits per heavy atom. The second-order valence-corrected chi connectivity index (χ2v) is 4.60. The largest absolute Gasteiger partial charge is 0.398 e. The van der Waals surface area contributed by atoms with Crippen molar-refractivity contribution in [3.8, 4) is 0 Å². The second kappa shape index (κ2) is 5.69. The topological polar surface area (TPSA) is 71.2 Å². The van der Waals surface area contributed by atoms with Crippen LogP contribution >= 0.6 is 0 Å². The van der Waals surface area contributed by atoms with Crippen LogP contribution in [-0.4, -0.2) is 23.2 Å². The van der Waals surface area contributed by atoms with Crippen LogP contribution in [0.1, 0.15) is 13.3 Å². The van der Waals surface area contributed by atoms with E-state index >= 15 is 0 Å². The van der Waals surface area contributed by atoms with Crippen molar-refractivity contribution in [2.45, 2.75) is 13.3 Å². The first-order valence-electron chi connectivity index (χ1n) is 6.20. The number of nitrogen functional groups attached to an aromatic ring is 1. The summed E-state index contributed by atoms with van der Waals surface area (Å²) in [7, 11) is 0. The molecule has 4 heteroatoms. The number of nitrogens with two attached hydrogens (primary N) is 1. The van der Waals surface area contributed by atoms with Gasteiger partial charge in [0, 0.05) is 30.4 Å². The van der Waals surface area contributed by atoms with Crippen molar-refractivity contribution in [2.75, 3.05) is 24.2 Å². The first kappa shape index (κ1) is 12.6. The van der Waals surface area contributed by atoms with E-state index in [1.807, 2.05) is 24.3 Å². The van der Waals surface area contributed by atoms with Gasteiger partial charge in [-0.05, 0) is 36.6 Å². The summed E-state index contributed by atoms with van der Waals surface area (Å²) in [6, 6.07) is 7.70. The first-order valence-corrected chi connectivity index (χ1v) is 6.20. The van der Waals surface area contributed by atoms with E-state index < -0.39 is 0 Å². The Bertz CT molecular complexity index is 527. The lowest BCUT2D eigenvalue weighted by molar-refractivity contribution is 0.266. The molecule has 2 rings (SSSR count). The van der Waals surface area contributed by atoms with Crippen LogP contribution < -0.4 is 11.1 Å². The number of aromatic nitrogens is 1. The van der Waals surface area contributed by atoms with Gasteiger partial charge in [-0.1, -0.05) is 6.92 Å². The van der Waals surface area contributed by atoms with Gasteiger partial charge < -0.3 is 16.2 Å². The highest BCUT2D eigenvalue weighted by molar-refractivity contribution is 5.98. The van der Waals surface area contributed by atoms with E-state index in [9.17, 15) is 0 Å². The standard InChI is InChI=1S/C14H19N3O/c1-10(6-8-18)9-17-13-5-4-12(15)11-3-2-7-16-14(11)13/h2-5,7,10,17-18H,6,8-9,15H2,1H3. The Balaban J connectivity index is 2.21. The molecule has 1 unspecified atom stereocenters. The molecule has 0 fully saturated rings. The molecule has 0 aliphatic carbocycles. The summed E-state index contributed by atoms with van der Waals surface area (Å²) in [5.74, 6) is 0.423. The predicted octanol–water partition coefficient (Wildman–Crippen LogP) is 2.25. The Kier molecular flexibility index (Phi) is 3.99. The van der Waals surface area contributed by atoms with E-state index in [0.717, 1.165) is 35.2 Å². The fourth-order valence-corrected chi connectivity index (χ4v) is 1.94. The average Bonchev–Trinajstić information content (AvgIpc) is 2.39. The Morgan fingerprint density at radius 2 is 2.22 bits per heavy atom. The quantitative estimate of drug-likeness (QED) is 0.706. The summed E-state index contributed by atoms with van der Waals surface area (Å²) in [6.07, 6.45) is 2.57. The number of aliphatic hydroxyl groups excluding tert-OH is 1. The van der Waals surface area contributed by atoms with Crippen molar-refractivity contribution >= 4 is 22.3 Å². The van der Waals surface area contributed by atoms with Crippen LogP contribution in [0.3, 0.4) is 0 Å². The molecule has 0 spiro atoms. The first-order chi connectivity index (χ1) is 8.72. The lowest BCUT2D eigenvalue weighted by atomic mass is 10.1. The molecule has 0 aliphatic rings. The fourth-order valence-electron chi connectivity index (χ4n) is 1.94. The van der Waals surface area contributed by atoms with Gasteiger partial charge >= 0.3 is 0 Å². The molecule has 1 atom stereocenters. The summed E-state index contributed by atoms with van der Waals surface area (Å²) in [4.78, 5) is 4.37. The van der Waals surface area contributed by atoms with Crippen LogP contribution in [-0.2, 0) is 0 Å². The zero-order valence-corrected chi connectivity index (χ0v) is 10.6. The Morgan fingerprint density at radius 1 is 1.39 bits per heavy atom. The summed E-state index contributed by atoms with van der Waals surface area (Å²) in [6.45, 7) is 3.15. The average molecular weight is 245 g/mol. The van der Waals surface area contributed by atoms with E-state index in [1.165, 1.54) is 0 Å². The summed E-state index contributed by atoms with van der Waals surface area (Å²) in [5, 5.41) is 13.2. The predicted molar refractivity (Wildman–Crippen MR) is 75.5 cm³/mol. The highest BCUT2D eigenvalue weighted by Crippen LogP contribution is 2.26. The molecule has 0 aliphatic heterocycles. The van der Waals surface area contributed by atoms with Gasteiger partial charge in [0.15, 0.2) is 0 Å². The molecule has 0 amide bonds. The van der Waals surface area contributed by atoms with Gasteiger partial charge in [-0.15, -0.1) is 0 Å². The molecule has 1 aromatic heterocycles. The maximum atomic E-state index is 8.89. The van der Waals surface area contributed by atoms with Crippen molar-refractivity contribution in [3.05, 3.63) is 30.5 Å². The monoisotopic (exact) mass is 245 g/mol. The SMILES string of the molecule is CC(CCO)CNc1ccc(N)c2cccnc12. The van der Waals surface area contributed by atoms with Crippen LogP contribution in [0.2, 0.25) is 0 Å². The molecule has 0 saturated carbocycles. The second-order valence-electron chi connectivity index (χ2n) is 4.60. The van der Waals surface area contributed by atoms with Crippen molar-refractivity contribution in [1.82, 2.24) is 4.98 Å². The van der Waals surface area contributed by atoms with Gasteiger partial charge in [0.2, 0.25) is 0 Å². The molecule has 0 bridgehead atoms. The molecule has 2 aromatic rings. The van der Waals surface area contributed by atoms with Crippen molar-refractivity contribution in [3.63, 3.8) is 0 Å². The van der Waals surface area contributed by atoms with E-state index in [4.69, 9.17) is 10.8 Å². The minimum absolute atomic E-state index is 0.226. The van der Waals surface area contributed by atoms with Crippen LogP contribution in [0, 0.1) is 5.92 Å². The van der Waals surface area contributed by atoms with Crippen molar-refractivity contribution < 1.29 is 5.11 Å². The lowest BCUT2D eigenvalue weighted by Gasteiger charge is -2.14. The maximum Gasteiger partial charge on any atom is 0.0953 e. The van der Waals surface area contributed by atoms with Crippen LogP contribution in [0.5, 0.6) is 0 Å². The number of rotatable bonds is 5. The van der Waals surface area contributed by atoms with Crippen LogP contribution in [0.15, 0.2) is 30.5 Å². The molecule has 1 aromatic carbocycles. The molecule has 1 heterocycles. The number of hydrogen-bond donors (Lipinski definition) is 3. The Hall–Kier alpha value is -1.81. The van der Waals surface area contributed by atoms with E-state index in [2.05, 4.69) is 17.2 Å². The molecular formula is C14H19N3O. The number of pyridine rings is 1. The highest BCUT2D eigenvalue weighted by atomic mass is 16.3. The van der Waals surface area contributed by atoms with Gasteiger partial charge in [-0.25, -0.2) is 0 Å². The van der Waals surface area contributed by atoms with E-state index in [0.29, 0.717) is 5.92 Å². The van der Waals surface area contributed by atoms with Crippen molar-refractivity contribution in [2.24, 2.45) is 5.92 Å². The summed E-state index contributed by atoms with van der Waals surface area (Å²) < 4.78 is 0. The number of fused-ring (bicyclic) bond motifs is 1. The molecule has 96 valence electrons. The zero-order chi connectivity index (χ0) is 13.0. The van der Waals surface area contributed by atoms with E-state index in [1.54, 1.807) is 6.20 Å². The van der Waals surface area contributed by atoms with E-state index in [-0.39, 0.29) is 6.61 Å². The summed E-state index contributed by atoms with van der Waals surface area (Å²) >= 11 is 0. The van der Waals surface area contributed by atoms with Crippen LogP contribution in [0.25, 0.3) is 10.9 Å². The van der Waals surface area contributed by atoms with Crippen molar-refractivity contribution in [1.29, 1.82) is 0 Å². The molecule has 18 heavy (non-hydrogen) atoms. The maximum absolute atomic E-state index is 8.89. The zero-order valence-electron chi connectivity index (χ0n) is 10.6. The minimum atomic E-state index is 0.226. The molecule has 0 radical (unpaired) electrons. The number of aliphatic hydroxyl groups is 1. The normalized spacial score (nSPS) is 12.6. The molecule has 0 saturated heterocycles. The third-order valence-electron chi connectivity index (χ3n) is 3.07. The number of anilines is 2. The summed E-state index contributed by atoms with van der Waals surface area (Å²) in [5.41, 5.74) is 8.56. The third kappa shape index (κ3) is 2.71. The minimum Gasteiger partial charge on any atom is -0.398 e. The number of hydrogen-bond acceptors (Lipinski definition) is 4. The molecule has 4 nitrogen and oxygen atoms in total. The van der Waals surface area contributed by atoms with Gasteiger partial charge in [0.25, 0.3) is 0 Å². The number of nitrogens with one attached hydrogen (secondary N) is 1. The lowest BCUT2D eigenvalue weighted by Crippen LogP contribution is -2.13. The smallest absolute Gasteiger partial charge is 0.0953 e. The van der Waals surface area contributed by atoms with Gasteiger partial charge in [-0.3, -0.25) is 4.98 Å². The van der Waals surface area contributed by atoms with Crippen LogP contribution in [0.4, 0.5) is 11.4 Å². The Labute approximate surface area is 107 Å². The number of benzene rings is 1. The third-order valence-corrected chi connectivity index (χ3v) is 3.07. The molecular weight excluding hydrogens is 226 g/mol. The number of nitrogens with zero attached hydrogens (tertiary/aromatic N) is 1.